The number of hydrogen-bond acceptors (Lipinski definition) is 4. The van der Waals surface area contributed by atoms with Gasteiger partial charge in [0.2, 0.25) is 5.91 Å². The largest absolute Gasteiger partial charge is 0.343 e. The second-order valence-corrected chi connectivity index (χ2v) is 8.57. The molecule has 0 bridgehead atoms. The molecule has 3 aromatic rings. The summed E-state index contributed by atoms with van der Waals surface area (Å²) in [6.45, 7) is 7.27. The maximum atomic E-state index is 13.3. The van der Waals surface area contributed by atoms with Crippen molar-refractivity contribution in [3.05, 3.63) is 62.0 Å². The summed E-state index contributed by atoms with van der Waals surface area (Å²) in [5, 5.41) is 1.11. The van der Waals surface area contributed by atoms with Crippen LogP contribution in [0.15, 0.2) is 52.4 Å². The first-order chi connectivity index (χ1) is 13.4. The van der Waals surface area contributed by atoms with Crippen LogP contribution in [-0.2, 0) is 4.79 Å². The first-order valence-corrected chi connectivity index (χ1v) is 11.2. The van der Waals surface area contributed by atoms with Crippen LogP contribution in [0.25, 0.3) is 16.6 Å². The van der Waals surface area contributed by atoms with Crippen LogP contribution in [0.4, 0.5) is 0 Å². The summed E-state index contributed by atoms with van der Waals surface area (Å²) in [5.74, 6) is 0.290. The molecule has 1 amide bonds. The molecule has 146 valence electrons. The van der Waals surface area contributed by atoms with E-state index in [9.17, 15) is 9.59 Å². The van der Waals surface area contributed by atoms with Crippen LogP contribution in [0.5, 0.6) is 0 Å². The minimum atomic E-state index is -0.120. The van der Waals surface area contributed by atoms with Crippen LogP contribution in [-0.4, -0.2) is 39.2 Å². The van der Waals surface area contributed by atoms with Gasteiger partial charge < -0.3 is 4.90 Å². The first kappa shape index (κ1) is 20.9. The Balaban J connectivity index is 2.10. The molecule has 7 heteroatoms. The zero-order valence-electron chi connectivity index (χ0n) is 16.1. The molecule has 0 atom stereocenters. The lowest BCUT2D eigenvalue weighted by Crippen LogP contribution is -2.32. The van der Waals surface area contributed by atoms with Crippen molar-refractivity contribution in [2.75, 3.05) is 18.8 Å². The molecule has 0 aliphatic heterocycles. The molecule has 1 heterocycles. The van der Waals surface area contributed by atoms with Crippen molar-refractivity contribution in [1.29, 1.82) is 0 Å². The second kappa shape index (κ2) is 9.09. The van der Waals surface area contributed by atoms with E-state index in [-0.39, 0.29) is 17.2 Å². The third kappa shape index (κ3) is 4.41. The zero-order chi connectivity index (χ0) is 20.3. The number of amides is 1. The Hall–Kier alpha value is -1.87. The monoisotopic (exact) mass is 507 g/mol. The van der Waals surface area contributed by atoms with E-state index >= 15 is 0 Å². The Bertz CT molecular complexity index is 1060. The molecule has 28 heavy (non-hydrogen) atoms. The van der Waals surface area contributed by atoms with Crippen molar-refractivity contribution in [2.45, 2.75) is 25.9 Å². The molecule has 0 saturated carbocycles. The van der Waals surface area contributed by atoms with Gasteiger partial charge in [0.05, 0.1) is 22.3 Å². The maximum absolute atomic E-state index is 13.3. The minimum absolute atomic E-state index is 0.0439. The van der Waals surface area contributed by atoms with Crippen molar-refractivity contribution in [3.63, 3.8) is 0 Å². The fourth-order valence-corrected chi connectivity index (χ4v) is 4.36. The Morgan fingerprint density at radius 1 is 1.14 bits per heavy atom. The number of aromatic nitrogens is 2. The van der Waals surface area contributed by atoms with Gasteiger partial charge in [0, 0.05) is 16.7 Å². The topological polar surface area (TPSA) is 55.2 Å². The highest BCUT2D eigenvalue weighted by Gasteiger charge is 2.17. The molecule has 1 aromatic heterocycles. The fraction of sp³-hybridized carbons (Fsp3) is 0.286. The number of aryl methyl sites for hydroxylation is 1. The lowest BCUT2D eigenvalue weighted by atomic mass is 10.2. The quantitative estimate of drug-likeness (QED) is 0.284. The number of rotatable bonds is 6. The van der Waals surface area contributed by atoms with E-state index < -0.39 is 0 Å². The lowest BCUT2D eigenvalue weighted by molar-refractivity contribution is -0.127. The number of thioether (sulfide) groups is 1. The van der Waals surface area contributed by atoms with Crippen LogP contribution in [0.1, 0.15) is 19.4 Å². The fourth-order valence-electron chi connectivity index (χ4n) is 2.95. The highest BCUT2D eigenvalue weighted by Crippen LogP contribution is 2.23. The minimum Gasteiger partial charge on any atom is -0.343 e. The summed E-state index contributed by atoms with van der Waals surface area (Å²) in [6, 6.07) is 13.4. The van der Waals surface area contributed by atoms with Crippen LogP contribution in [0.2, 0.25) is 0 Å². The van der Waals surface area contributed by atoms with Crippen LogP contribution in [0, 0.1) is 10.5 Å². The smallest absolute Gasteiger partial charge is 0.266 e. The number of fused-ring (bicyclic) bond motifs is 1. The van der Waals surface area contributed by atoms with E-state index in [0.29, 0.717) is 29.1 Å². The molecule has 0 aliphatic rings. The summed E-state index contributed by atoms with van der Waals surface area (Å²) in [6.07, 6.45) is 0. The summed E-state index contributed by atoms with van der Waals surface area (Å²) in [7, 11) is 0. The van der Waals surface area contributed by atoms with Gasteiger partial charge in [-0.3, -0.25) is 14.2 Å². The number of carbonyl (C=O) groups is 1. The van der Waals surface area contributed by atoms with Gasteiger partial charge in [0.25, 0.3) is 5.56 Å². The maximum Gasteiger partial charge on any atom is 0.266 e. The molecule has 0 aliphatic carbocycles. The molecule has 0 fully saturated rings. The lowest BCUT2D eigenvalue weighted by Gasteiger charge is -2.19. The SMILES string of the molecule is CCN(CC)C(=O)CSc1nc2ccc(I)cc2c(=O)n1-c1ccc(C)cc1. The highest BCUT2D eigenvalue weighted by atomic mass is 127. The standard InChI is InChI=1S/C21H22IN3O2S/c1-4-24(5-2)19(26)13-28-21-23-18-11-8-15(22)12-17(18)20(27)25(21)16-9-6-14(3)7-10-16/h6-12H,4-5,13H2,1-3H3. The molecule has 3 rings (SSSR count). The number of halogens is 1. The average Bonchev–Trinajstić information content (AvgIpc) is 2.69. The average molecular weight is 507 g/mol. The van der Waals surface area contributed by atoms with E-state index in [0.717, 1.165) is 14.8 Å². The molecule has 5 nitrogen and oxygen atoms in total. The summed E-state index contributed by atoms with van der Waals surface area (Å²) in [4.78, 5) is 32.2. The van der Waals surface area contributed by atoms with Gasteiger partial charge in [0.15, 0.2) is 5.16 Å². The van der Waals surface area contributed by atoms with Crippen molar-refractivity contribution in [1.82, 2.24) is 14.5 Å². The van der Waals surface area contributed by atoms with E-state index in [1.807, 2.05) is 63.2 Å². The van der Waals surface area contributed by atoms with Crippen molar-refractivity contribution >= 4 is 51.2 Å². The molecule has 2 aromatic carbocycles. The van der Waals surface area contributed by atoms with Gasteiger partial charge in [-0.15, -0.1) is 0 Å². The summed E-state index contributed by atoms with van der Waals surface area (Å²) in [5.41, 5.74) is 2.39. The third-order valence-corrected chi connectivity index (χ3v) is 6.13. The highest BCUT2D eigenvalue weighted by molar-refractivity contribution is 14.1. The number of hydrogen-bond donors (Lipinski definition) is 0. The van der Waals surface area contributed by atoms with Crippen LogP contribution in [0.3, 0.4) is 0 Å². The predicted octanol–water partition coefficient (Wildman–Crippen LogP) is 4.26. The van der Waals surface area contributed by atoms with E-state index in [1.54, 1.807) is 9.47 Å². The first-order valence-electron chi connectivity index (χ1n) is 9.14. The Kier molecular flexibility index (Phi) is 6.77. The van der Waals surface area contributed by atoms with Gasteiger partial charge in [-0.2, -0.15) is 0 Å². The predicted molar refractivity (Wildman–Crippen MR) is 123 cm³/mol. The second-order valence-electron chi connectivity index (χ2n) is 6.39. The van der Waals surface area contributed by atoms with Gasteiger partial charge in [-0.1, -0.05) is 29.5 Å². The van der Waals surface area contributed by atoms with Crippen molar-refractivity contribution < 1.29 is 4.79 Å². The van der Waals surface area contributed by atoms with Gasteiger partial charge >= 0.3 is 0 Å². The normalized spacial score (nSPS) is 11.0. The zero-order valence-corrected chi connectivity index (χ0v) is 19.1. The molecule has 0 radical (unpaired) electrons. The molecule has 0 spiro atoms. The summed E-state index contributed by atoms with van der Waals surface area (Å²) >= 11 is 3.50. The number of nitrogens with zero attached hydrogens (tertiary/aromatic N) is 3. The van der Waals surface area contributed by atoms with Gasteiger partial charge in [0.1, 0.15) is 0 Å². The van der Waals surface area contributed by atoms with Crippen LogP contribution < -0.4 is 5.56 Å². The summed E-state index contributed by atoms with van der Waals surface area (Å²) < 4.78 is 2.59. The molecular formula is C21H22IN3O2S. The third-order valence-electron chi connectivity index (χ3n) is 4.53. The molecular weight excluding hydrogens is 485 g/mol. The number of carbonyl (C=O) groups excluding carboxylic acids is 1. The van der Waals surface area contributed by atoms with Gasteiger partial charge in [-0.05, 0) is 73.7 Å². The molecule has 0 unspecified atom stereocenters. The van der Waals surface area contributed by atoms with Crippen molar-refractivity contribution in [3.8, 4) is 5.69 Å². The Labute approximate surface area is 182 Å². The van der Waals surface area contributed by atoms with E-state index in [2.05, 4.69) is 22.6 Å². The van der Waals surface area contributed by atoms with E-state index in [4.69, 9.17) is 4.98 Å². The molecule has 0 saturated heterocycles. The molecule has 0 N–H and O–H groups in total. The van der Waals surface area contributed by atoms with Crippen LogP contribution >= 0.6 is 34.4 Å². The van der Waals surface area contributed by atoms with Gasteiger partial charge in [-0.25, -0.2) is 4.98 Å². The number of benzene rings is 2. The Morgan fingerprint density at radius 2 is 1.82 bits per heavy atom. The Morgan fingerprint density at radius 3 is 2.46 bits per heavy atom. The van der Waals surface area contributed by atoms with Crippen molar-refractivity contribution in [2.24, 2.45) is 0 Å². The van der Waals surface area contributed by atoms with E-state index in [1.165, 1.54) is 11.8 Å².